The third-order valence-electron chi connectivity index (χ3n) is 4.80. The molecule has 128 valence electrons. The van der Waals surface area contributed by atoms with E-state index in [4.69, 9.17) is 5.11 Å². The molecule has 1 amide bonds. The summed E-state index contributed by atoms with van der Waals surface area (Å²) in [5.74, 6) is -0.441. The van der Waals surface area contributed by atoms with Crippen LogP contribution < -0.4 is 5.32 Å². The molecule has 0 aromatic carbocycles. The maximum absolute atomic E-state index is 12.3. The standard InChI is InChI=1S/C16H21N5O3/c1-10-12(11(2)21-15(19-10)17-9-18-21)4-5-13(22)20-16(6-3-7-16)8-14(23)24/h9H,3-8H2,1-2H3,(H,20,22)(H,23,24). The van der Waals surface area contributed by atoms with Crippen LogP contribution in [0.3, 0.4) is 0 Å². The quantitative estimate of drug-likeness (QED) is 0.823. The number of aromatic nitrogens is 4. The molecule has 24 heavy (non-hydrogen) atoms. The van der Waals surface area contributed by atoms with Gasteiger partial charge in [0.2, 0.25) is 5.91 Å². The maximum atomic E-state index is 12.3. The number of aryl methyl sites for hydroxylation is 2. The van der Waals surface area contributed by atoms with Crippen molar-refractivity contribution in [3.8, 4) is 0 Å². The fraction of sp³-hybridized carbons (Fsp3) is 0.562. The average Bonchev–Trinajstić information content (AvgIpc) is 2.92. The third-order valence-corrected chi connectivity index (χ3v) is 4.80. The van der Waals surface area contributed by atoms with Crippen molar-refractivity contribution >= 4 is 17.7 Å². The fourth-order valence-electron chi connectivity index (χ4n) is 3.35. The summed E-state index contributed by atoms with van der Waals surface area (Å²) in [5, 5.41) is 16.1. The molecule has 0 unspecified atom stereocenters. The number of fused-ring (bicyclic) bond motifs is 1. The first kappa shape index (κ1) is 16.4. The predicted octanol–water partition coefficient (Wildman–Crippen LogP) is 1.19. The van der Waals surface area contributed by atoms with Gasteiger partial charge in [-0.15, -0.1) is 0 Å². The van der Waals surface area contributed by atoms with Crippen LogP contribution in [0, 0.1) is 13.8 Å². The van der Waals surface area contributed by atoms with Gasteiger partial charge in [-0.3, -0.25) is 9.59 Å². The summed E-state index contributed by atoms with van der Waals surface area (Å²) in [5.41, 5.74) is 2.18. The topological polar surface area (TPSA) is 109 Å². The van der Waals surface area contributed by atoms with E-state index in [0.717, 1.165) is 36.2 Å². The van der Waals surface area contributed by atoms with Crippen molar-refractivity contribution < 1.29 is 14.7 Å². The highest BCUT2D eigenvalue weighted by Gasteiger charge is 2.40. The number of carboxylic acid groups (broad SMARTS) is 1. The van der Waals surface area contributed by atoms with E-state index in [0.29, 0.717) is 18.6 Å². The molecule has 2 N–H and O–H groups in total. The van der Waals surface area contributed by atoms with Gasteiger partial charge in [-0.1, -0.05) is 0 Å². The molecule has 1 aliphatic rings. The van der Waals surface area contributed by atoms with Crippen molar-refractivity contribution in [3.63, 3.8) is 0 Å². The van der Waals surface area contributed by atoms with E-state index < -0.39 is 11.5 Å². The zero-order valence-electron chi connectivity index (χ0n) is 13.9. The SMILES string of the molecule is Cc1nc2ncnn2c(C)c1CCC(=O)NC1(CC(=O)O)CCC1. The Bertz CT molecular complexity index is 794. The molecule has 0 radical (unpaired) electrons. The van der Waals surface area contributed by atoms with Gasteiger partial charge < -0.3 is 10.4 Å². The molecule has 8 heteroatoms. The van der Waals surface area contributed by atoms with Crippen LogP contribution >= 0.6 is 0 Å². The summed E-state index contributed by atoms with van der Waals surface area (Å²) in [6, 6.07) is 0. The van der Waals surface area contributed by atoms with E-state index in [2.05, 4.69) is 20.4 Å². The molecule has 1 aliphatic carbocycles. The van der Waals surface area contributed by atoms with Gasteiger partial charge in [0.25, 0.3) is 5.78 Å². The van der Waals surface area contributed by atoms with Crippen molar-refractivity contribution in [2.45, 2.75) is 57.9 Å². The fourth-order valence-corrected chi connectivity index (χ4v) is 3.35. The largest absolute Gasteiger partial charge is 0.481 e. The van der Waals surface area contributed by atoms with Gasteiger partial charge in [-0.05, 0) is 45.1 Å². The number of nitrogens with one attached hydrogen (secondary N) is 1. The highest BCUT2D eigenvalue weighted by Crippen LogP contribution is 2.35. The third kappa shape index (κ3) is 3.08. The van der Waals surface area contributed by atoms with Gasteiger partial charge in [0.1, 0.15) is 6.33 Å². The molecule has 2 aromatic heterocycles. The number of hydrogen-bond acceptors (Lipinski definition) is 5. The number of rotatable bonds is 6. The van der Waals surface area contributed by atoms with E-state index in [-0.39, 0.29) is 12.3 Å². The normalized spacial score (nSPS) is 15.9. The first-order valence-corrected chi connectivity index (χ1v) is 8.09. The van der Waals surface area contributed by atoms with Crippen LogP contribution in [0.15, 0.2) is 6.33 Å². The van der Waals surface area contributed by atoms with Crippen LogP contribution in [0.1, 0.15) is 49.1 Å². The number of carbonyl (C=O) groups is 2. The van der Waals surface area contributed by atoms with Gasteiger partial charge in [0.05, 0.1) is 12.0 Å². The van der Waals surface area contributed by atoms with Crippen molar-refractivity contribution in [3.05, 3.63) is 23.3 Å². The van der Waals surface area contributed by atoms with Gasteiger partial charge in [0.15, 0.2) is 0 Å². The van der Waals surface area contributed by atoms with Crippen molar-refractivity contribution in [1.82, 2.24) is 24.9 Å². The van der Waals surface area contributed by atoms with E-state index in [1.165, 1.54) is 6.33 Å². The maximum Gasteiger partial charge on any atom is 0.305 e. The molecule has 2 aromatic rings. The molecule has 0 spiro atoms. The van der Waals surface area contributed by atoms with Crippen molar-refractivity contribution in [2.24, 2.45) is 0 Å². The van der Waals surface area contributed by atoms with Crippen molar-refractivity contribution in [1.29, 1.82) is 0 Å². The summed E-state index contributed by atoms with van der Waals surface area (Å²) in [6.45, 7) is 3.83. The zero-order valence-corrected chi connectivity index (χ0v) is 13.9. The number of nitrogens with zero attached hydrogens (tertiary/aromatic N) is 4. The first-order valence-electron chi connectivity index (χ1n) is 8.09. The average molecular weight is 331 g/mol. The Morgan fingerprint density at radius 2 is 2.12 bits per heavy atom. The van der Waals surface area contributed by atoms with Crippen LogP contribution in [0.2, 0.25) is 0 Å². The smallest absolute Gasteiger partial charge is 0.305 e. The van der Waals surface area contributed by atoms with Gasteiger partial charge >= 0.3 is 5.97 Å². The second-order valence-corrected chi connectivity index (χ2v) is 6.49. The van der Waals surface area contributed by atoms with Crippen LogP contribution in [0.25, 0.3) is 5.78 Å². The molecule has 2 heterocycles. The lowest BCUT2D eigenvalue weighted by Crippen LogP contribution is -2.54. The predicted molar refractivity (Wildman–Crippen MR) is 85.6 cm³/mol. The minimum absolute atomic E-state index is 0.0106. The first-order chi connectivity index (χ1) is 11.4. The Labute approximate surface area is 139 Å². The number of carboxylic acids is 1. The van der Waals surface area contributed by atoms with Gasteiger partial charge in [0, 0.05) is 17.8 Å². The Kier molecular flexibility index (Phi) is 4.21. The summed E-state index contributed by atoms with van der Waals surface area (Å²) in [6.07, 6.45) is 4.70. The van der Waals surface area contributed by atoms with E-state index in [1.807, 2.05) is 13.8 Å². The van der Waals surface area contributed by atoms with E-state index in [9.17, 15) is 9.59 Å². The number of hydrogen-bond donors (Lipinski definition) is 2. The Morgan fingerprint density at radius 3 is 2.75 bits per heavy atom. The summed E-state index contributed by atoms with van der Waals surface area (Å²) < 4.78 is 1.66. The van der Waals surface area contributed by atoms with Crippen molar-refractivity contribution in [2.75, 3.05) is 0 Å². The van der Waals surface area contributed by atoms with Crippen LogP contribution in [-0.2, 0) is 16.0 Å². The molecule has 0 atom stereocenters. The monoisotopic (exact) mass is 331 g/mol. The second-order valence-electron chi connectivity index (χ2n) is 6.49. The molecule has 0 bridgehead atoms. The highest BCUT2D eigenvalue weighted by molar-refractivity contribution is 5.79. The Morgan fingerprint density at radius 1 is 1.38 bits per heavy atom. The minimum Gasteiger partial charge on any atom is -0.481 e. The number of amides is 1. The number of aliphatic carboxylic acids is 1. The molecule has 3 rings (SSSR count). The summed E-state index contributed by atoms with van der Waals surface area (Å²) in [7, 11) is 0. The minimum atomic E-state index is -0.873. The summed E-state index contributed by atoms with van der Waals surface area (Å²) >= 11 is 0. The Balaban J connectivity index is 1.67. The Hall–Kier alpha value is -2.51. The molecule has 1 saturated carbocycles. The van der Waals surface area contributed by atoms with Crippen LogP contribution in [0.5, 0.6) is 0 Å². The van der Waals surface area contributed by atoms with E-state index in [1.54, 1.807) is 4.52 Å². The molecular formula is C16H21N5O3. The summed E-state index contributed by atoms with van der Waals surface area (Å²) in [4.78, 5) is 31.7. The molecule has 0 saturated heterocycles. The van der Waals surface area contributed by atoms with Crippen LogP contribution in [-0.4, -0.2) is 42.1 Å². The van der Waals surface area contributed by atoms with Gasteiger partial charge in [-0.25, -0.2) is 9.50 Å². The molecule has 1 fully saturated rings. The molecular weight excluding hydrogens is 310 g/mol. The van der Waals surface area contributed by atoms with E-state index >= 15 is 0 Å². The lowest BCUT2D eigenvalue weighted by Gasteiger charge is -2.41. The molecule has 8 nitrogen and oxygen atoms in total. The zero-order chi connectivity index (χ0) is 17.3. The lowest BCUT2D eigenvalue weighted by atomic mass is 9.74. The molecule has 0 aliphatic heterocycles. The van der Waals surface area contributed by atoms with Gasteiger partial charge in [-0.2, -0.15) is 10.1 Å². The highest BCUT2D eigenvalue weighted by atomic mass is 16.4. The second kappa shape index (κ2) is 6.18. The lowest BCUT2D eigenvalue weighted by molar-refractivity contribution is -0.140. The van der Waals surface area contributed by atoms with Crippen LogP contribution in [0.4, 0.5) is 0 Å². The number of carbonyl (C=O) groups excluding carboxylic acids is 1.